The predicted octanol–water partition coefficient (Wildman–Crippen LogP) is 4.04. The van der Waals surface area contributed by atoms with E-state index in [4.69, 9.17) is 9.47 Å². The lowest BCUT2D eigenvalue weighted by Gasteiger charge is -2.14. The second-order valence-corrected chi connectivity index (χ2v) is 5.74. The number of anilines is 1. The summed E-state index contributed by atoms with van der Waals surface area (Å²) in [4.78, 5) is 8.96. The van der Waals surface area contributed by atoms with E-state index in [0.717, 1.165) is 30.3 Å². The monoisotopic (exact) mass is 484 g/mol. The van der Waals surface area contributed by atoms with Crippen LogP contribution in [0.4, 0.5) is 5.69 Å². The van der Waals surface area contributed by atoms with E-state index in [-0.39, 0.29) is 24.0 Å². The molecule has 0 spiro atoms. The van der Waals surface area contributed by atoms with Crippen LogP contribution in [0.3, 0.4) is 0 Å². The molecular weight excluding hydrogens is 455 g/mol. The summed E-state index contributed by atoms with van der Waals surface area (Å²) in [6.45, 7) is 8.02. The molecule has 0 atom stereocenters. The van der Waals surface area contributed by atoms with Crippen molar-refractivity contribution in [1.82, 2.24) is 10.3 Å². The Morgan fingerprint density at radius 1 is 1.15 bits per heavy atom. The number of hydrogen-bond donors (Lipinski definition) is 2. The molecule has 0 bridgehead atoms. The Labute approximate surface area is 178 Å². The predicted molar refractivity (Wildman–Crippen MR) is 122 cm³/mol. The average Bonchev–Trinajstić information content (AvgIpc) is 2.64. The fourth-order valence-electron chi connectivity index (χ4n) is 2.41. The van der Waals surface area contributed by atoms with Crippen LogP contribution in [0.1, 0.15) is 25.1 Å². The molecule has 2 N–H and O–H groups in total. The maximum absolute atomic E-state index is 5.63. The molecule has 27 heavy (non-hydrogen) atoms. The van der Waals surface area contributed by atoms with E-state index in [1.54, 1.807) is 7.11 Å². The molecule has 1 aromatic heterocycles. The summed E-state index contributed by atoms with van der Waals surface area (Å²) in [5.41, 5.74) is 3.10. The van der Waals surface area contributed by atoms with Gasteiger partial charge in [0.05, 0.1) is 13.7 Å². The number of aromatic nitrogens is 1. The van der Waals surface area contributed by atoms with Gasteiger partial charge in [0.15, 0.2) is 17.5 Å². The van der Waals surface area contributed by atoms with Crippen molar-refractivity contribution in [2.45, 2.75) is 27.2 Å². The number of guanidine groups is 1. The Balaban J connectivity index is 0.00000364. The molecule has 1 aromatic carbocycles. The summed E-state index contributed by atoms with van der Waals surface area (Å²) in [6.07, 6.45) is 2.75. The zero-order chi connectivity index (χ0) is 18.8. The van der Waals surface area contributed by atoms with Gasteiger partial charge in [-0.05, 0) is 51.0 Å². The standard InChI is InChI=1S/C20H28N4O2.HI/c1-5-21-20(22-12-11-16-8-7-15(3)23-14-16)24-17-9-10-18(25-4)19(13-17)26-6-2;/h7-10,13-14H,5-6,11-12H2,1-4H3,(H2,21,22,24);1H. The molecule has 0 aliphatic rings. The van der Waals surface area contributed by atoms with Gasteiger partial charge in [-0.25, -0.2) is 0 Å². The maximum Gasteiger partial charge on any atom is 0.195 e. The Bertz CT molecular complexity index is 720. The molecule has 0 saturated carbocycles. The van der Waals surface area contributed by atoms with E-state index in [1.165, 1.54) is 5.56 Å². The minimum absolute atomic E-state index is 0. The Morgan fingerprint density at radius 3 is 2.59 bits per heavy atom. The molecule has 0 fully saturated rings. The van der Waals surface area contributed by atoms with Crippen molar-refractivity contribution in [2.24, 2.45) is 4.99 Å². The van der Waals surface area contributed by atoms with Gasteiger partial charge in [0.25, 0.3) is 0 Å². The summed E-state index contributed by atoms with van der Waals surface area (Å²) >= 11 is 0. The normalized spacial score (nSPS) is 10.7. The zero-order valence-electron chi connectivity index (χ0n) is 16.4. The molecule has 1 heterocycles. The van der Waals surface area contributed by atoms with Gasteiger partial charge in [0, 0.05) is 36.7 Å². The Hall–Kier alpha value is -2.03. The third kappa shape index (κ3) is 7.62. The minimum Gasteiger partial charge on any atom is -0.493 e. The molecule has 0 aliphatic heterocycles. The summed E-state index contributed by atoms with van der Waals surface area (Å²) in [5.74, 6) is 2.16. The fraction of sp³-hybridized carbons (Fsp3) is 0.400. The van der Waals surface area contributed by atoms with Gasteiger partial charge in [-0.2, -0.15) is 0 Å². The zero-order valence-corrected chi connectivity index (χ0v) is 18.7. The van der Waals surface area contributed by atoms with Crippen molar-refractivity contribution >= 4 is 35.6 Å². The topological polar surface area (TPSA) is 67.8 Å². The van der Waals surface area contributed by atoms with Crippen molar-refractivity contribution in [1.29, 1.82) is 0 Å². The molecule has 0 amide bonds. The van der Waals surface area contributed by atoms with Crippen molar-refractivity contribution in [3.05, 3.63) is 47.8 Å². The van der Waals surface area contributed by atoms with Gasteiger partial charge in [0.1, 0.15) is 0 Å². The van der Waals surface area contributed by atoms with Crippen LogP contribution in [0.2, 0.25) is 0 Å². The van der Waals surface area contributed by atoms with Crippen LogP contribution in [0, 0.1) is 6.92 Å². The average molecular weight is 484 g/mol. The van der Waals surface area contributed by atoms with Gasteiger partial charge >= 0.3 is 0 Å². The first-order valence-corrected chi connectivity index (χ1v) is 8.94. The van der Waals surface area contributed by atoms with Crippen LogP contribution >= 0.6 is 24.0 Å². The molecule has 0 radical (unpaired) electrons. The molecule has 0 unspecified atom stereocenters. The summed E-state index contributed by atoms with van der Waals surface area (Å²) in [7, 11) is 1.64. The highest BCUT2D eigenvalue weighted by Crippen LogP contribution is 2.30. The Kier molecular flexibility index (Phi) is 10.5. The number of nitrogens with one attached hydrogen (secondary N) is 2. The van der Waals surface area contributed by atoms with E-state index in [1.807, 2.05) is 51.2 Å². The molecule has 2 aromatic rings. The largest absolute Gasteiger partial charge is 0.493 e. The maximum atomic E-state index is 5.63. The van der Waals surface area contributed by atoms with E-state index in [0.29, 0.717) is 24.7 Å². The number of hydrogen-bond acceptors (Lipinski definition) is 4. The highest BCUT2D eigenvalue weighted by molar-refractivity contribution is 14.0. The summed E-state index contributed by atoms with van der Waals surface area (Å²) in [5, 5.41) is 6.57. The van der Waals surface area contributed by atoms with Gasteiger partial charge < -0.3 is 20.1 Å². The molecule has 6 nitrogen and oxygen atoms in total. The van der Waals surface area contributed by atoms with Gasteiger partial charge in [-0.1, -0.05) is 6.07 Å². The minimum atomic E-state index is 0. The van der Waals surface area contributed by atoms with Crippen LogP contribution in [0.15, 0.2) is 41.5 Å². The highest BCUT2D eigenvalue weighted by Gasteiger charge is 2.07. The quantitative estimate of drug-likeness (QED) is 0.337. The van der Waals surface area contributed by atoms with Crippen LogP contribution < -0.4 is 20.1 Å². The third-order valence-corrected chi connectivity index (χ3v) is 3.71. The van der Waals surface area contributed by atoms with Gasteiger partial charge in [0.2, 0.25) is 0 Å². The molecule has 0 aliphatic carbocycles. The first kappa shape index (κ1) is 23.0. The van der Waals surface area contributed by atoms with Gasteiger partial charge in [-0.15, -0.1) is 24.0 Å². The molecular formula is C20H29IN4O2. The lowest BCUT2D eigenvalue weighted by molar-refractivity contribution is 0.311. The molecule has 7 heteroatoms. The molecule has 0 saturated heterocycles. The van der Waals surface area contributed by atoms with Crippen molar-refractivity contribution < 1.29 is 9.47 Å². The number of aliphatic imine (C=N–C) groups is 1. The number of aryl methyl sites for hydroxylation is 1. The second-order valence-electron chi connectivity index (χ2n) is 5.74. The number of ether oxygens (including phenoxy) is 2. The van der Waals surface area contributed by atoms with Crippen molar-refractivity contribution in [3.8, 4) is 11.5 Å². The highest BCUT2D eigenvalue weighted by atomic mass is 127. The Morgan fingerprint density at radius 2 is 1.96 bits per heavy atom. The van der Waals surface area contributed by atoms with Gasteiger partial charge in [-0.3, -0.25) is 9.98 Å². The lowest BCUT2D eigenvalue weighted by atomic mass is 10.2. The second kappa shape index (κ2) is 12.4. The van der Waals surface area contributed by atoms with Crippen LogP contribution in [-0.4, -0.2) is 37.7 Å². The lowest BCUT2D eigenvalue weighted by Crippen LogP contribution is -2.30. The van der Waals surface area contributed by atoms with Crippen LogP contribution in [-0.2, 0) is 6.42 Å². The fourth-order valence-corrected chi connectivity index (χ4v) is 2.41. The number of nitrogens with zero attached hydrogens (tertiary/aromatic N) is 2. The molecule has 148 valence electrons. The van der Waals surface area contributed by atoms with E-state index in [2.05, 4.69) is 26.7 Å². The first-order chi connectivity index (χ1) is 12.7. The first-order valence-electron chi connectivity index (χ1n) is 8.94. The molecule has 2 rings (SSSR count). The van der Waals surface area contributed by atoms with E-state index >= 15 is 0 Å². The summed E-state index contributed by atoms with van der Waals surface area (Å²) in [6, 6.07) is 9.86. The number of pyridine rings is 1. The number of benzene rings is 1. The van der Waals surface area contributed by atoms with Crippen LogP contribution in [0.25, 0.3) is 0 Å². The van der Waals surface area contributed by atoms with Crippen molar-refractivity contribution in [3.63, 3.8) is 0 Å². The third-order valence-electron chi connectivity index (χ3n) is 3.71. The number of methoxy groups -OCH3 is 1. The van der Waals surface area contributed by atoms with Crippen LogP contribution in [0.5, 0.6) is 11.5 Å². The number of rotatable bonds is 8. The smallest absolute Gasteiger partial charge is 0.195 e. The van der Waals surface area contributed by atoms with E-state index in [9.17, 15) is 0 Å². The van der Waals surface area contributed by atoms with E-state index < -0.39 is 0 Å². The number of halogens is 1. The SMILES string of the molecule is CCNC(=NCCc1ccc(C)nc1)Nc1ccc(OC)c(OCC)c1.I. The van der Waals surface area contributed by atoms with Crippen molar-refractivity contribution in [2.75, 3.05) is 32.1 Å². The summed E-state index contributed by atoms with van der Waals surface area (Å²) < 4.78 is 10.9.